The van der Waals surface area contributed by atoms with Gasteiger partial charge in [0.05, 0.1) is 6.04 Å². The molecule has 3 amide bonds. The third kappa shape index (κ3) is 3.07. The van der Waals surface area contributed by atoms with Crippen LogP contribution in [0.5, 0.6) is 0 Å². The van der Waals surface area contributed by atoms with E-state index >= 15 is 0 Å². The van der Waals surface area contributed by atoms with Gasteiger partial charge in [-0.2, -0.15) is 0 Å². The number of rotatable bonds is 3. The van der Waals surface area contributed by atoms with E-state index in [1.807, 2.05) is 12.1 Å². The third-order valence-electron chi connectivity index (χ3n) is 3.84. The van der Waals surface area contributed by atoms with Crippen molar-refractivity contribution < 1.29 is 14.3 Å². The van der Waals surface area contributed by atoms with E-state index < -0.39 is 0 Å². The predicted octanol–water partition coefficient (Wildman–Crippen LogP) is 0.470. The van der Waals surface area contributed by atoms with Crippen molar-refractivity contribution in [2.45, 2.75) is 12.5 Å². The van der Waals surface area contributed by atoms with E-state index in [9.17, 15) is 9.59 Å². The van der Waals surface area contributed by atoms with Crippen molar-refractivity contribution in [1.29, 1.82) is 0 Å². The summed E-state index contributed by atoms with van der Waals surface area (Å²) in [5.41, 5.74) is 1.14. The van der Waals surface area contributed by atoms with Crippen LogP contribution in [0.1, 0.15) is 5.56 Å². The smallest absolute Gasteiger partial charge is 0.410 e. The van der Waals surface area contributed by atoms with Gasteiger partial charge in [0.2, 0.25) is 0 Å². The van der Waals surface area contributed by atoms with Gasteiger partial charge in [-0.3, -0.25) is 9.88 Å². The van der Waals surface area contributed by atoms with Crippen molar-refractivity contribution >= 4 is 12.1 Å². The Morgan fingerprint density at radius 3 is 3.00 bits per heavy atom. The summed E-state index contributed by atoms with van der Waals surface area (Å²) in [4.78, 5) is 30.9. The minimum Gasteiger partial charge on any atom is -0.447 e. The highest BCUT2D eigenvalue weighted by atomic mass is 16.6. The lowest BCUT2D eigenvalue weighted by Gasteiger charge is -2.35. The average molecular weight is 290 g/mol. The molecule has 0 bridgehead atoms. The van der Waals surface area contributed by atoms with Crippen LogP contribution >= 0.6 is 0 Å². The molecule has 21 heavy (non-hydrogen) atoms. The number of fused-ring (bicyclic) bond motifs is 1. The molecule has 2 fully saturated rings. The molecule has 0 radical (unpaired) electrons. The number of hydrogen-bond acceptors (Lipinski definition) is 4. The van der Waals surface area contributed by atoms with E-state index in [0.29, 0.717) is 32.8 Å². The van der Waals surface area contributed by atoms with Gasteiger partial charge in [0, 0.05) is 38.6 Å². The van der Waals surface area contributed by atoms with Crippen LogP contribution in [0.4, 0.5) is 9.59 Å². The van der Waals surface area contributed by atoms with Crippen LogP contribution in [0, 0.1) is 0 Å². The van der Waals surface area contributed by atoms with Crippen molar-refractivity contribution in [3.8, 4) is 0 Å². The van der Waals surface area contributed by atoms with E-state index in [2.05, 4.69) is 10.3 Å². The Balaban J connectivity index is 1.45. The first-order valence-electron chi connectivity index (χ1n) is 7.09. The summed E-state index contributed by atoms with van der Waals surface area (Å²) in [5, 5.41) is 2.91. The lowest BCUT2D eigenvalue weighted by molar-refractivity contribution is 0.127. The molecule has 112 valence electrons. The summed E-state index contributed by atoms with van der Waals surface area (Å²) >= 11 is 0. The van der Waals surface area contributed by atoms with Gasteiger partial charge in [-0.25, -0.2) is 9.59 Å². The molecule has 0 saturated carbocycles. The number of urea groups is 1. The van der Waals surface area contributed by atoms with E-state index in [4.69, 9.17) is 4.74 Å². The second-order valence-electron chi connectivity index (χ2n) is 5.21. The fraction of sp³-hybridized carbons (Fsp3) is 0.500. The van der Waals surface area contributed by atoms with Gasteiger partial charge in [0.1, 0.15) is 6.61 Å². The molecule has 3 heterocycles. The van der Waals surface area contributed by atoms with Crippen molar-refractivity contribution in [3.05, 3.63) is 30.1 Å². The summed E-state index contributed by atoms with van der Waals surface area (Å²) in [7, 11) is 0. The fourth-order valence-electron chi connectivity index (χ4n) is 2.65. The summed E-state index contributed by atoms with van der Waals surface area (Å²) in [6.07, 6.45) is 4.00. The van der Waals surface area contributed by atoms with Crippen LogP contribution in [0.2, 0.25) is 0 Å². The molecule has 1 N–H and O–H groups in total. The lowest BCUT2D eigenvalue weighted by Crippen LogP contribution is -2.56. The standard InChI is InChI=1S/C14H18N4O3/c19-13(16-6-3-11-1-4-15-5-2-11)17-7-8-18-12(9-17)10-21-14(18)20/h1-2,4-5,12H,3,6-10H2,(H,16,19)/t12-/m1/s1. The van der Waals surface area contributed by atoms with Crippen molar-refractivity contribution in [2.75, 3.05) is 32.8 Å². The van der Waals surface area contributed by atoms with Gasteiger partial charge < -0.3 is 15.0 Å². The molecule has 2 aliphatic rings. The number of pyridine rings is 1. The molecule has 7 heteroatoms. The van der Waals surface area contributed by atoms with Gasteiger partial charge >= 0.3 is 12.1 Å². The van der Waals surface area contributed by atoms with Crippen molar-refractivity contribution in [3.63, 3.8) is 0 Å². The molecule has 2 saturated heterocycles. The van der Waals surface area contributed by atoms with E-state index in [0.717, 1.165) is 12.0 Å². The molecule has 1 aromatic rings. The highest BCUT2D eigenvalue weighted by Crippen LogP contribution is 2.17. The zero-order valence-electron chi connectivity index (χ0n) is 11.7. The quantitative estimate of drug-likeness (QED) is 0.878. The minimum atomic E-state index is -0.266. The summed E-state index contributed by atoms with van der Waals surface area (Å²) in [6, 6.07) is 3.79. The largest absolute Gasteiger partial charge is 0.447 e. The van der Waals surface area contributed by atoms with Crippen LogP contribution in [-0.2, 0) is 11.2 Å². The predicted molar refractivity (Wildman–Crippen MR) is 74.8 cm³/mol. The first-order valence-corrected chi connectivity index (χ1v) is 7.09. The third-order valence-corrected chi connectivity index (χ3v) is 3.84. The Morgan fingerprint density at radius 2 is 2.19 bits per heavy atom. The number of carbonyl (C=O) groups is 2. The molecule has 1 aromatic heterocycles. The molecule has 2 aliphatic heterocycles. The van der Waals surface area contributed by atoms with Gasteiger partial charge in [-0.15, -0.1) is 0 Å². The summed E-state index contributed by atoms with van der Waals surface area (Å²) in [6.45, 7) is 2.59. The van der Waals surface area contributed by atoms with Crippen LogP contribution in [0.25, 0.3) is 0 Å². The lowest BCUT2D eigenvalue weighted by atomic mass is 10.2. The Hall–Kier alpha value is -2.31. The van der Waals surface area contributed by atoms with E-state index in [1.165, 1.54) is 0 Å². The molecule has 1 atom stereocenters. The molecule has 0 unspecified atom stereocenters. The monoisotopic (exact) mass is 290 g/mol. The SMILES string of the molecule is O=C(NCCc1ccncc1)N1CCN2C(=O)OC[C@H]2C1. The molecular formula is C14H18N4O3. The normalized spacial score (nSPS) is 21.0. The van der Waals surface area contributed by atoms with Gasteiger partial charge in [-0.05, 0) is 24.1 Å². The van der Waals surface area contributed by atoms with Gasteiger partial charge in [0.25, 0.3) is 0 Å². The molecule has 3 rings (SSSR count). The van der Waals surface area contributed by atoms with Crippen LogP contribution in [-0.4, -0.2) is 65.7 Å². The Morgan fingerprint density at radius 1 is 1.38 bits per heavy atom. The van der Waals surface area contributed by atoms with Crippen molar-refractivity contribution in [1.82, 2.24) is 20.1 Å². The Kier molecular flexibility index (Phi) is 3.89. The zero-order chi connectivity index (χ0) is 14.7. The molecular weight excluding hydrogens is 272 g/mol. The maximum atomic E-state index is 12.1. The summed E-state index contributed by atoms with van der Waals surface area (Å²) in [5.74, 6) is 0. The Bertz CT molecular complexity index is 522. The topological polar surface area (TPSA) is 74.8 Å². The number of nitrogens with zero attached hydrogens (tertiary/aromatic N) is 3. The number of cyclic esters (lactones) is 1. The maximum absolute atomic E-state index is 12.1. The minimum absolute atomic E-state index is 0.00259. The number of amides is 3. The van der Waals surface area contributed by atoms with Crippen molar-refractivity contribution in [2.24, 2.45) is 0 Å². The fourth-order valence-corrected chi connectivity index (χ4v) is 2.65. The first-order chi connectivity index (χ1) is 10.2. The second kappa shape index (κ2) is 5.99. The molecule has 0 aliphatic carbocycles. The first kappa shape index (κ1) is 13.7. The van der Waals surface area contributed by atoms with E-state index in [1.54, 1.807) is 22.2 Å². The van der Waals surface area contributed by atoms with Crippen LogP contribution in [0.3, 0.4) is 0 Å². The highest BCUT2D eigenvalue weighted by molar-refractivity contribution is 5.75. The number of carbonyl (C=O) groups excluding carboxylic acids is 2. The maximum Gasteiger partial charge on any atom is 0.410 e. The number of piperazine rings is 1. The molecule has 7 nitrogen and oxygen atoms in total. The number of aromatic nitrogens is 1. The number of ether oxygens (including phenoxy) is 1. The number of nitrogens with one attached hydrogen (secondary N) is 1. The summed E-state index contributed by atoms with van der Waals surface area (Å²) < 4.78 is 4.99. The highest BCUT2D eigenvalue weighted by Gasteiger charge is 2.38. The Labute approximate surface area is 122 Å². The molecule has 0 aromatic carbocycles. The average Bonchev–Trinajstić information content (AvgIpc) is 2.89. The second-order valence-corrected chi connectivity index (χ2v) is 5.21. The van der Waals surface area contributed by atoms with Crippen LogP contribution < -0.4 is 5.32 Å². The zero-order valence-corrected chi connectivity index (χ0v) is 11.7. The number of hydrogen-bond donors (Lipinski definition) is 1. The van der Waals surface area contributed by atoms with Gasteiger partial charge in [0.15, 0.2) is 0 Å². The van der Waals surface area contributed by atoms with Crippen LogP contribution in [0.15, 0.2) is 24.5 Å². The van der Waals surface area contributed by atoms with Gasteiger partial charge in [-0.1, -0.05) is 0 Å². The van der Waals surface area contributed by atoms with E-state index in [-0.39, 0.29) is 18.2 Å². The molecule has 0 spiro atoms.